The van der Waals surface area contributed by atoms with E-state index in [-0.39, 0.29) is 19.4 Å². The summed E-state index contributed by atoms with van der Waals surface area (Å²) in [6, 6.07) is 7.17. The van der Waals surface area contributed by atoms with E-state index in [1.165, 1.54) is 0 Å². The molecule has 0 aromatic heterocycles. The number of carboxylic acid groups (broad SMARTS) is 1. The molecule has 0 unspecified atom stereocenters. The summed E-state index contributed by atoms with van der Waals surface area (Å²) in [5.74, 6) is -1.13. The molecule has 1 aliphatic heterocycles. The third-order valence-electron chi connectivity index (χ3n) is 3.31. The second-order valence-electron chi connectivity index (χ2n) is 4.86. The summed E-state index contributed by atoms with van der Waals surface area (Å²) >= 11 is 0. The van der Waals surface area contributed by atoms with Crippen LogP contribution in [-0.2, 0) is 11.2 Å². The molecule has 0 bridgehead atoms. The van der Waals surface area contributed by atoms with Gasteiger partial charge in [0.1, 0.15) is 6.04 Å². The molecule has 1 saturated heterocycles. The number of aliphatic hydroxyl groups is 1. The number of hydrogen-bond acceptors (Lipinski definition) is 4. The van der Waals surface area contributed by atoms with E-state index in [4.69, 9.17) is 10.4 Å². The molecule has 0 radical (unpaired) electrons. The molecule has 2 rings (SSSR count). The molecule has 2 atom stereocenters. The quantitative estimate of drug-likeness (QED) is 0.761. The molecule has 1 heterocycles. The predicted molar refractivity (Wildman–Crippen MR) is 73.5 cm³/mol. The van der Waals surface area contributed by atoms with Gasteiger partial charge in [-0.2, -0.15) is 5.26 Å². The number of carbonyl (C=O) groups is 2. The number of amides is 2. The minimum Gasteiger partial charge on any atom is -0.480 e. The second-order valence-corrected chi connectivity index (χ2v) is 4.86. The van der Waals surface area contributed by atoms with Crippen LogP contribution in [-0.4, -0.2) is 45.8 Å². The number of rotatable bonds is 3. The molecule has 1 aromatic rings. The molecule has 7 heteroatoms. The molecule has 1 fully saturated rings. The summed E-state index contributed by atoms with van der Waals surface area (Å²) in [6.45, 7) is -0.00465. The van der Waals surface area contributed by atoms with E-state index in [1.807, 2.05) is 6.07 Å². The van der Waals surface area contributed by atoms with Crippen LogP contribution < -0.4 is 5.32 Å². The average molecular weight is 289 g/mol. The Balaban J connectivity index is 2.03. The Bertz CT molecular complexity index is 579. The van der Waals surface area contributed by atoms with Gasteiger partial charge in [-0.15, -0.1) is 0 Å². The summed E-state index contributed by atoms with van der Waals surface area (Å²) in [5, 5.41) is 29.7. The number of anilines is 1. The van der Waals surface area contributed by atoms with E-state index in [9.17, 15) is 14.7 Å². The molecule has 0 spiro atoms. The van der Waals surface area contributed by atoms with Crippen molar-refractivity contribution in [3.8, 4) is 6.07 Å². The molecule has 21 heavy (non-hydrogen) atoms. The Morgan fingerprint density at radius 3 is 2.62 bits per heavy atom. The van der Waals surface area contributed by atoms with Gasteiger partial charge in [0.15, 0.2) is 0 Å². The molecular weight excluding hydrogens is 274 g/mol. The fourth-order valence-electron chi connectivity index (χ4n) is 2.26. The number of benzene rings is 1. The number of hydrogen-bond donors (Lipinski definition) is 3. The van der Waals surface area contributed by atoms with Crippen LogP contribution in [0.4, 0.5) is 10.5 Å². The lowest BCUT2D eigenvalue weighted by molar-refractivity contribution is -0.141. The van der Waals surface area contributed by atoms with Gasteiger partial charge < -0.3 is 20.4 Å². The number of aliphatic carboxylic acids is 1. The normalized spacial score (nSPS) is 20.9. The number of aliphatic hydroxyl groups excluding tert-OH is 1. The van der Waals surface area contributed by atoms with Gasteiger partial charge in [-0.25, -0.2) is 9.59 Å². The van der Waals surface area contributed by atoms with E-state index in [0.717, 1.165) is 10.5 Å². The lowest BCUT2D eigenvalue weighted by Crippen LogP contribution is -2.43. The second kappa shape index (κ2) is 6.24. The van der Waals surface area contributed by atoms with Gasteiger partial charge in [0, 0.05) is 18.7 Å². The zero-order valence-electron chi connectivity index (χ0n) is 11.2. The molecular formula is C14H15N3O4. The van der Waals surface area contributed by atoms with E-state index in [1.54, 1.807) is 24.3 Å². The highest BCUT2D eigenvalue weighted by molar-refractivity contribution is 5.92. The van der Waals surface area contributed by atoms with Crippen molar-refractivity contribution in [2.24, 2.45) is 0 Å². The van der Waals surface area contributed by atoms with Crippen molar-refractivity contribution in [2.75, 3.05) is 11.9 Å². The summed E-state index contributed by atoms with van der Waals surface area (Å²) in [7, 11) is 0. The molecule has 1 aromatic carbocycles. The van der Waals surface area contributed by atoms with Crippen molar-refractivity contribution in [3.63, 3.8) is 0 Å². The van der Waals surface area contributed by atoms with Gasteiger partial charge in [0.2, 0.25) is 0 Å². The summed E-state index contributed by atoms with van der Waals surface area (Å²) in [6.07, 6.45) is -0.507. The number of β-amino-alcohol motifs (C(OH)–C–C–N with tert-alkyl or cyclic N) is 1. The van der Waals surface area contributed by atoms with E-state index in [0.29, 0.717) is 5.69 Å². The first kappa shape index (κ1) is 14.8. The monoisotopic (exact) mass is 289 g/mol. The van der Waals surface area contributed by atoms with Crippen molar-refractivity contribution in [1.29, 1.82) is 5.26 Å². The topological polar surface area (TPSA) is 114 Å². The van der Waals surface area contributed by atoms with E-state index < -0.39 is 24.1 Å². The number of carboxylic acids is 1. The van der Waals surface area contributed by atoms with Gasteiger partial charge in [-0.05, 0) is 17.7 Å². The minimum atomic E-state index is -1.13. The van der Waals surface area contributed by atoms with Crippen LogP contribution in [0.5, 0.6) is 0 Å². The lowest BCUT2D eigenvalue weighted by atomic mass is 10.1. The SMILES string of the molecule is N#CCc1ccc(NC(=O)N2C[C@H](O)C[C@H]2C(=O)O)cc1. The Morgan fingerprint density at radius 1 is 1.38 bits per heavy atom. The van der Waals surface area contributed by atoms with Crippen LogP contribution in [0.3, 0.4) is 0 Å². The molecule has 0 saturated carbocycles. The largest absolute Gasteiger partial charge is 0.480 e. The molecule has 1 aliphatic rings. The van der Waals surface area contributed by atoms with Crippen LogP contribution in [0.15, 0.2) is 24.3 Å². The first-order valence-electron chi connectivity index (χ1n) is 6.45. The molecule has 3 N–H and O–H groups in total. The predicted octanol–water partition coefficient (Wildman–Crippen LogP) is 0.804. The van der Waals surface area contributed by atoms with Crippen molar-refractivity contribution >= 4 is 17.7 Å². The van der Waals surface area contributed by atoms with Crippen molar-refractivity contribution in [3.05, 3.63) is 29.8 Å². The van der Waals surface area contributed by atoms with Crippen molar-refractivity contribution in [1.82, 2.24) is 4.90 Å². The molecule has 2 amide bonds. The van der Waals surface area contributed by atoms with Gasteiger partial charge in [0.25, 0.3) is 0 Å². The highest BCUT2D eigenvalue weighted by atomic mass is 16.4. The highest BCUT2D eigenvalue weighted by Gasteiger charge is 2.38. The van der Waals surface area contributed by atoms with Crippen molar-refractivity contribution < 1.29 is 19.8 Å². The molecule has 110 valence electrons. The zero-order chi connectivity index (χ0) is 15.4. The van der Waals surface area contributed by atoms with Crippen LogP contribution >= 0.6 is 0 Å². The third kappa shape index (κ3) is 3.49. The van der Waals surface area contributed by atoms with E-state index >= 15 is 0 Å². The van der Waals surface area contributed by atoms with Gasteiger partial charge in [-0.1, -0.05) is 12.1 Å². The number of carbonyl (C=O) groups excluding carboxylic acids is 1. The Hall–Kier alpha value is -2.59. The number of nitrogens with zero attached hydrogens (tertiary/aromatic N) is 2. The summed E-state index contributed by atoms with van der Waals surface area (Å²) in [5.41, 5.74) is 1.34. The molecule has 0 aliphatic carbocycles. The Kier molecular flexibility index (Phi) is 4.40. The van der Waals surface area contributed by atoms with Crippen molar-refractivity contribution in [2.45, 2.75) is 25.0 Å². The van der Waals surface area contributed by atoms with Gasteiger partial charge in [0.05, 0.1) is 18.6 Å². The van der Waals surface area contributed by atoms with E-state index in [2.05, 4.69) is 5.32 Å². The smallest absolute Gasteiger partial charge is 0.326 e. The maximum Gasteiger partial charge on any atom is 0.326 e. The molecule has 7 nitrogen and oxygen atoms in total. The number of likely N-dealkylation sites (tertiary alicyclic amines) is 1. The summed E-state index contributed by atoms with van der Waals surface area (Å²) < 4.78 is 0. The summed E-state index contributed by atoms with van der Waals surface area (Å²) in [4.78, 5) is 24.2. The highest BCUT2D eigenvalue weighted by Crippen LogP contribution is 2.20. The Labute approximate surface area is 121 Å². The standard InChI is InChI=1S/C14H15N3O4/c15-6-5-9-1-3-10(4-2-9)16-14(21)17-8-11(18)7-12(17)13(19)20/h1-4,11-12,18H,5,7-8H2,(H,16,21)(H,19,20)/t11-,12+/m1/s1. The van der Waals surface area contributed by atoms with Gasteiger partial charge >= 0.3 is 12.0 Å². The van der Waals surface area contributed by atoms with Crippen LogP contribution in [0.1, 0.15) is 12.0 Å². The number of nitriles is 1. The first-order chi connectivity index (χ1) is 10.0. The fourth-order valence-corrected chi connectivity index (χ4v) is 2.26. The fraction of sp³-hybridized carbons (Fsp3) is 0.357. The Morgan fingerprint density at radius 2 is 2.05 bits per heavy atom. The first-order valence-corrected chi connectivity index (χ1v) is 6.45. The minimum absolute atomic E-state index is 0.00465. The number of nitrogens with one attached hydrogen (secondary N) is 1. The van der Waals surface area contributed by atoms with Crippen LogP contribution in [0.25, 0.3) is 0 Å². The average Bonchev–Trinajstić information content (AvgIpc) is 2.84. The third-order valence-corrected chi connectivity index (χ3v) is 3.31. The van der Waals surface area contributed by atoms with Crippen LogP contribution in [0, 0.1) is 11.3 Å². The lowest BCUT2D eigenvalue weighted by Gasteiger charge is -2.21. The number of urea groups is 1. The van der Waals surface area contributed by atoms with Crippen LogP contribution in [0.2, 0.25) is 0 Å². The zero-order valence-corrected chi connectivity index (χ0v) is 11.2. The van der Waals surface area contributed by atoms with Gasteiger partial charge in [-0.3, -0.25) is 0 Å². The maximum absolute atomic E-state index is 12.1. The maximum atomic E-state index is 12.1.